The summed E-state index contributed by atoms with van der Waals surface area (Å²) in [5.74, 6) is -0.349. The first-order valence-corrected chi connectivity index (χ1v) is 5.00. The van der Waals surface area contributed by atoms with E-state index in [0.717, 1.165) is 18.4 Å². The predicted octanol–water partition coefficient (Wildman–Crippen LogP) is 2.44. The highest BCUT2D eigenvalue weighted by molar-refractivity contribution is 5.85. The van der Waals surface area contributed by atoms with Crippen LogP contribution in [0.15, 0.2) is 30.3 Å². The number of aliphatic carboxylic acids is 1. The van der Waals surface area contributed by atoms with E-state index >= 15 is 0 Å². The first-order chi connectivity index (χ1) is 6.71. The number of carboxylic acid groups (broad SMARTS) is 1. The van der Waals surface area contributed by atoms with Crippen molar-refractivity contribution in [2.75, 3.05) is 0 Å². The lowest BCUT2D eigenvalue weighted by Crippen LogP contribution is -2.22. The Morgan fingerprint density at radius 3 is 2.57 bits per heavy atom. The molecule has 2 heteroatoms. The average Bonchev–Trinajstić information content (AvgIpc) is 2.94. The zero-order valence-electron chi connectivity index (χ0n) is 8.23. The zero-order valence-corrected chi connectivity index (χ0v) is 8.23. The van der Waals surface area contributed by atoms with Crippen LogP contribution in [0.1, 0.15) is 25.3 Å². The number of hydrogen-bond donors (Lipinski definition) is 1. The molecule has 1 aromatic rings. The normalized spacial score (nSPS) is 29.9. The maximum Gasteiger partial charge on any atom is 0.314 e. The Bertz CT molecular complexity index is 345. The molecule has 2 nitrogen and oxygen atoms in total. The molecule has 2 rings (SSSR count). The number of rotatable bonds is 3. The first kappa shape index (κ1) is 9.25. The van der Waals surface area contributed by atoms with Gasteiger partial charge in [0.15, 0.2) is 0 Å². The van der Waals surface area contributed by atoms with Crippen LogP contribution in [0.2, 0.25) is 0 Å². The van der Waals surface area contributed by atoms with Crippen molar-refractivity contribution in [3.05, 3.63) is 35.9 Å². The standard InChI is InChI=1S/C12H14O2/c1-2-9-8-12(9,11(13)14)10-6-4-3-5-7-10/h3-7,9H,2,8H2,1H3,(H,13,14). The molecule has 0 aliphatic heterocycles. The summed E-state index contributed by atoms with van der Waals surface area (Å²) in [5, 5.41) is 9.26. The van der Waals surface area contributed by atoms with E-state index in [0.29, 0.717) is 5.92 Å². The van der Waals surface area contributed by atoms with E-state index in [2.05, 4.69) is 6.92 Å². The van der Waals surface area contributed by atoms with Gasteiger partial charge in [-0.3, -0.25) is 4.79 Å². The van der Waals surface area contributed by atoms with Crippen molar-refractivity contribution in [2.45, 2.75) is 25.2 Å². The van der Waals surface area contributed by atoms with Gasteiger partial charge in [-0.1, -0.05) is 43.7 Å². The van der Waals surface area contributed by atoms with Gasteiger partial charge in [0, 0.05) is 0 Å². The third-order valence-corrected chi connectivity index (χ3v) is 3.27. The molecule has 0 radical (unpaired) electrons. The second-order valence-electron chi connectivity index (χ2n) is 3.95. The SMILES string of the molecule is CCC1CC1(C(=O)O)c1ccccc1. The summed E-state index contributed by atoms with van der Waals surface area (Å²) >= 11 is 0. The Hall–Kier alpha value is -1.31. The summed E-state index contributed by atoms with van der Waals surface area (Å²) in [6, 6.07) is 9.58. The Morgan fingerprint density at radius 1 is 1.50 bits per heavy atom. The van der Waals surface area contributed by atoms with Gasteiger partial charge in [-0.05, 0) is 17.9 Å². The van der Waals surface area contributed by atoms with E-state index in [1.165, 1.54) is 0 Å². The fourth-order valence-corrected chi connectivity index (χ4v) is 2.30. The van der Waals surface area contributed by atoms with Crippen molar-refractivity contribution in [1.82, 2.24) is 0 Å². The highest BCUT2D eigenvalue weighted by Crippen LogP contribution is 2.56. The van der Waals surface area contributed by atoms with Gasteiger partial charge in [-0.2, -0.15) is 0 Å². The molecular formula is C12H14O2. The number of carboxylic acids is 1. The van der Waals surface area contributed by atoms with Gasteiger partial charge in [0.05, 0.1) is 5.41 Å². The van der Waals surface area contributed by atoms with E-state index in [1.54, 1.807) is 0 Å². The van der Waals surface area contributed by atoms with Crippen molar-refractivity contribution in [3.63, 3.8) is 0 Å². The smallest absolute Gasteiger partial charge is 0.314 e. The molecule has 1 aliphatic carbocycles. The minimum absolute atomic E-state index is 0.322. The number of hydrogen-bond acceptors (Lipinski definition) is 1. The number of benzene rings is 1. The molecule has 2 atom stereocenters. The van der Waals surface area contributed by atoms with Crippen LogP contribution in [0.25, 0.3) is 0 Å². The molecule has 1 N–H and O–H groups in total. The van der Waals surface area contributed by atoms with E-state index in [9.17, 15) is 9.90 Å². The van der Waals surface area contributed by atoms with Gasteiger partial charge in [0.1, 0.15) is 0 Å². The molecule has 0 heterocycles. The van der Waals surface area contributed by atoms with Gasteiger partial charge in [0.2, 0.25) is 0 Å². The summed E-state index contributed by atoms with van der Waals surface area (Å²) in [4.78, 5) is 11.3. The average molecular weight is 190 g/mol. The van der Waals surface area contributed by atoms with Gasteiger partial charge < -0.3 is 5.11 Å². The quantitative estimate of drug-likeness (QED) is 0.794. The number of carbonyl (C=O) groups is 1. The van der Waals surface area contributed by atoms with E-state index in [-0.39, 0.29) is 0 Å². The molecule has 1 aliphatic rings. The van der Waals surface area contributed by atoms with Crippen molar-refractivity contribution >= 4 is 5.97 Å². The lowest BCUT2D eigenvalue weighted by Gasteiger charge is -2.11. The molecule has 1 fully saturated rings. The summed E-state index contributed by atoms with van der Waals surface area (Å²) in [6.07, 6.45) is 1.74. The molecule has 0 amide bonds. The van der Waals surface area contributed by atoms with Crippen molar-refractivity contribution in [1.29, 1.82) is 0 Å². The molecule has 2 unspecified atom stereocenters. The second kappa shape index (κ2) is 3.12. The van der Waals surface area contributed by atoms with E-state index in [4.69, 9.17) is 0 Å². The second-order valence-corrected chi connectivity index (χ2v) is 3.95. The minimum Gasteiger partial charge on any atom is -0.481 e. The fourth-order valence-electron chi connectivity index (χ4n) is 2.30. The van der Waals surface area contributed by atoms with E-state index < -0.39 is 11.4 Å². The van der Waals surface area contributed by atoms with Crippen LogP contribution in [0.5, 0.6) is 0 Å². The molecular weight excluding hydrogens is 176 g/mol. The monoisotopic (exact) mass is 190 g/mol. The van der Waals surface area contributed by atoms with Crippen LogP contribution < -0.4 is 0 Å². The highest BCUT2D eigenvalue weighted by Gasteiger charge is 2.60. The zero-order chi connectivity index (χ0) is 10.2. The first-order valence-electron chi connectivity index (χ1n) is 5.00. The summed E-state index contributed by atoms with van der Waals surface area (Å²) in [5.41, 5.74) is 0.384. The van der Waals surface area contributed by atoms with Crippen LogP contribution >= 0.6 is 0 Å². The topological polar surface area (TPSA) is 37.3 Å². The summed E-state index contributed by atoms with van der Waals surface area (Å²) < 4.78 is 0. The lowest BCUT2D eigenvalue weighted by atomic mass is 9.93. The highest BCUT2D eigenvalue weighted by atomic mass is 16.4. The lowest BCUT2D eigenvalue weighted by molar-refractivity contribution is -0.140. The molecule has 14 heavy (non-hydrogen) atoms. The summed E-state index contributed by atoms with van der Waals surface area (Å²) in [6.45, 7) is 2.05. The van der Waals surface area contributed by atoms with Crippen molar-refractivity contribution in [2.24, 2.45) is 5.92 Å². The molecule has 0 spiro atoms. The largest absolute Gasteiger partial charge is 0.481 e. The third kappa shape index (κ3) is 1.14. The maximum absolute atomic E-state index is 11.3. The van der Waals surface area contributed by atoms with Gasteiger partial charge >= 0.3 is 5.97 Å². The Morgan fingerprint density at radius 2 is 2.14 bits per heavy atom. The molecule has 1 aromatic carbocycles. The Kier molecular flexibility index (Phi) is 2.06. The molecule has 0 saturated heterocycles. The van der Waals surface area contributed by atoms with Crippen LogP contribution in [-0.4, -0.2) is 11.1 Å². The Labute approximate surface area is 83.6 Å². The minimum atomic E-state index is -0.671. The van der Waals surface area contributed by atoms with Gasteiger partial charge in [0.25, 0.3) is 0 Å². The summed E-state index contributed by atoms with van der Waals surface area (Å²) in [7, 11) is 0. The maximum atomic E-state index is 11.3. The molecule has 0 aromatic heterocycles. The van der Waals surface area contributed by atoms with Gasteiger partial charge in [-0.25, -0.2) is 0 Å². The van der Waals surface area contributed by atoms with Crippen LogP contribution in [0.4, 0.5) is 0 Å². The van der Waals surface area contributed by atoms with Crippen LogP contribution in [0, 0.1) is 5.92 Å². The van der Waals surface area contributed by atoms with Crippen molar-refractivity contribution in [3.8, 4) is 0 Å². The molecule has 74 valence electrons. The van der Waals surface area contributed by atoms with Gasteiger partial charge in [-0.15, -0.1) is 0 Å². The molecule has 0 bridgehead atoms. The fraction of sp³-hybridized carbons (Fsp3) is 0.417. The van der Waals surface area contributed by atoms with E-state index in [1.807, 2.05) is 30.3 Å². The van der Waals surface area contributed by atoms with Crippen LogP contribution in [-0.2, 0) is 10.2 Å². The Balaban J connectivity index is 2.36. The predicted molar refractivity (Wildman–Crippen MR) is 54.2 cm³/mol. The third-order valence-electron chi connectivity index (χ3n) is 3.27. The van der Waals surface area contributed by atoms with Crippen molar-refractivity contribution < 1.29 is 9.90 Å². The van der Waals surface area contributed by atoms with Crippen LogP contribution in [0.3, 0.4) is 0 Å². The molecule has 1 saturated carbocycles.